The maximum Gasteiger partial charge on any atom is 0.348 e. The number of anilines is 1. The molecule has 4 bridgehead atoms. The molecular formula is C20H25NO7S. The summed E-state index contributed by atoms with van der Waals surface area (Å²) >= 11 is 0.899. The number of methoxy groups -OCH3 is 2. The van der Waals surface area contributed by atoms with Crippen LogP contribution in [0.5, 0.6) is 0 Å². The lowest BCUT2D eigenvalue weighted by Gasteiger charge is -2.58. The van der Waals surface area contributed by atoms with E-state index in [9.17, 15) is 19.5 Å². The first kappa shape index (κ1) is 20.2. The van der Waals surface area contributed by atoms with Crippen LogP contribution in [0.2, 0.25) is 0 Å². The standard InChI is InChI=1S/C20H25NO7S/c1-26-16(22)13-12(14(17(23)27-2)29-15(13)21)8-28-18(24)19-4-10-3-11(5-19)7-20(25,6-10)9-19/h10-11,25H,3-9,21H2,1-2H3/t10-,11+,19?,20?. The Labute approximate surface area is 172 Å². The van der Waals surface area contributed by atoms with Crippen LogP contribution in [0.15, 0.2) is 0 Å². The quantitative estimate of drug-likeness (QED) is 0.546. The van der Waals surface area contributed by atoms with Crippen LogP contribution in [0.3, 0.4) is 0 Å². The van der Waals surface area contributed by atoms with E-state index in [1.54, 1.807) is 0 Å². The number of carbonyl (C=O) groups is 3. The second-order valence-corrected chi connectivity index (χ2v) is 9.73. The Bertz CT molecular complexity index is 862. The van der Waals surface area contributed by atoms with E-state index in [0.717, 1.165) is 30.6 Å². The first-order chi connectivity index (χ1) is 13.7. The topological polar surface area (TPSA) is 125 Å². The normalized spacial score (nSPS) is 32.1. The van der Waals surface area contributed by atoms with Crippen molar-refractivity contribution in [3.8, 4) is 0 Å². The van der Waals surface area contributed by atoms with Crippen LogP contribution in [0.25, 0.3) is 0 Å². The predicted molar refractivity (Wildman–Crippen MR) is 103 cm³/mol. The molecule has 2 unspecified atom stereocenters. The molecule has 0 saturated heterocycles. The van der Waals surface area contributed by atoms with Gasteiger partial charge in [0.2, 0.25) is 0 Å². The van der Waals surface area contributed by atoms with Crippen molar-refractivity contribution in [2.75, 3.05) is 20.0 Å². The maximum absolute atomic E-state index is 13.1. The summed E-state index contributed by atoms with van der Waals surface area (Å²) in [5.74, 6) is -1.08. The average Bonchev–Trinajstić information content (AvgIpc) is 2.99. The third-order valence-electron chi connectivity index (χ3n) is 6.61. The van der Waals surface area contributed by atoms with Crippen LogP contribution >= 0.6 is 11.3 Å². The SMILES string of the molecule is COC(=O)c1sc(N)c(C(=O)OC)c1COC(=O)C12C[C@@H]3C[C@@H](CC(O)(C3)C1)C2. The number of hydrogen-bond acceptors (Lipinski definition) is 9. The van der Waals surface area contributed by atoms with E-state index in [1.807, 2.05) is 0 Å². The molecule has 9 heteroatoms. The molecule has 4 atom stereocenters. The zero-order chi connectivity index (χ0) is 21.0. The highest BCUT2D eigenvalue weighted by molar-refractivity contribution is 7.18. The molecule has 1 aromatic heterocycles. The number of hydrogen-bond donors (Lipinski definition) is 2. The van der Waals surface area contributed by atoms with Crippen molar-refractivity contribution in [2.45, 2.75) is 50.7 Å². The van der Waals surface area contributed by atoms with Gasteiger partial charge >= 0.3 is 17.9 Å². The Morgan fingerprint density at radius 1 is 1.10 bits per heavy atom. The summed E-state index contributed by atoms with van der Waals surface area (Å²) in [5, 5.41) is 11.0. The highest BCUT2D eigenvalue weighted by Gasteiger charge is 2.60. The summed E-state index contributed by atoms with van der Waals surface area (Å²) in [6.07, 6.45) is 4.38. The summed E-state index contributed by atoms with van der Waals surface area (Å²) in [5.41, 5.74) is 4.65. The number of nitrogen functional groups attached to an aromatic ring is 1. The van der Waals surface area contributed by atoms with Gasteiger partial charge in [0.1, 0.15) is 22.0 Å². The Balaban J connectivity index is 1.58. The molecule has 0 aromatic carbocycles. The smallest absolute Gasteiger partial charge is 0.348 e. The Morgan fingerprint density at radius 3 is 2.28 bits per heavy atom. The summed E-state index contributed by atoms with van der Waals surface area (Å²) in [6.45, 7) is -0.281. The molecule has 4 aliphatic rings. The molecule has 29 heavy (non-hydrogen) atoms. The first-order valence-corrected chi connectivity index (χ1v) is 10.5. The lowest BCUT2D eigenvalue weighted by Crippen LogP contribution is -2.58. The molecule has 0 aliphatic heterocycles. The molecular weight excluding hydrogens is 398 g/mol. The maximum atomic E-state index is 13.1. The van der Waals surface area contributed by atoms with Crippen LogP contribution < -0.4 is 5.73 Å². The molecule has 4 saturated carbocycles. The molecule has 0 spiro atoms. The number of aliphatic hydroxyl groups is 1. The molecule has 0 radical (unpaired) electrons. The first-order valence-electron chi connectivity index (χ1n) is 9.67. The van der Waals surface area contributed by atoms with Crippen molar-refractivity contribution in [1.82, 2.24) is 0 Å². The van der Waals surface area contributed by atoms with E-state index in [2.05, 4.69) is 0 Å². The van der Waals surface area contributed by atoms with Gasteiger partial charge in [0.05, 0.1) is 25.2 Å². The lowest BCUT2D eigenvalue weighted by molar-refractivity contribution is -0.197. The van der Waals surface area contributed by atoms with Crippen molar-refractivity contribution in [1.29, 1.82) is 0 Å². The van der Waals surface area contributed by atoms with E-state index >= 15 is 0 Å². The van der Waals surface area contributed by atoms with Crippen molar-refractivity contribution in [3.05, 3.63) is 16.0 Å². The number of nitrogens with two attached hydrogens (primary N) is 1. The van der Waals surface area contributed by atoms with E-state index in [1.165, 1.54) is 14.2 Å². The predicted octanol–water partition coefficient (Wildman–Crippen LogP) is 2.28. The summed E-state index contributed by atoms with van der Waals surface area (Å²) in [4.78, 5) is 37.5. The van der Waals surface area contributed by atoms with Crippen LogP contribution in [-0.2, 0) is 25.6 Å². The third-order valence-corrected chi connectivity index (χ3v) is 7.65. The van der Waals surface area contributed by atoms with Gasteiger partial charge in [-0.3, -0.25) is 4.79 Å². The van der Waals surface area contributed by atoms with Crippen LogP contribution in [0.1, 0.15) is 64.1 Å². The molecule has 1 heterocycles. The molecule has 1 aromatic rings. The Hall–Kier alpha value is -2.13. The summed E-state index contributed by atoms with van der Waals surface area (Å²) < 4.78 is 15.2. The van der Waals surface area contributed by atoms with Gasteiger partial charge in [0.25, 0.3) is 0 Å². The monoisotopic (exact) mass is 423 g/mol. The van der Waals surface area contributed by atoms with Crippen molar-refractivity contribution >= 4 is 34.2 Å². The van der Waals surface area contributed by atoms with E-state index in [-0.39, 0.29) is 33.6 Å². The molecule has 158 valence electrons. The van der Waals surface area contributed by atoms with Gasteiger partial charge in [0, 0.05) is 5.56 Å². The highest BCUT2D eigenvalue weighted by Crippen LogP contribution is 2.62. The lowest BCUT2D eigenvalue weighted by atomic mass is 9.48. The Kier molecular flexibility index (Phi) is 4.85. The zero-order valence-electron chi connectivity index (χ0n) is 16.5. The third kappa shape index (κ3) is 3.30. The Morgan fingerprint density at radius 2 is 1.72 bits per heavy atom. The summed E-state index contributed by atoms with van der Waals surface area (Å²) in [6, 6.07) is 0. The van der Waals surface area contributed by atoms with Gasteiger partial charge in [-0.25, -0.2) is 9.59 Å². The zero-order valence-corrected chi connectivity index (χ0v) is 17.3. The minimum absolute atomic E-state index is 0.0230. The fraction of sp³-hybridized carbons (Fsp3) is 0.650. The largest absolute Gasteiger partial charge is 0.465 e. The highest BCUT2D eigenvalue weighted by atomic mass is 32.1. The van der Waals surface area contributed by atoms with Crippen molar-refractivity contribution in [3.63, 3.8) is 0 Å². The minimum atomic E-state index is -0.787. The van der Waals surface area contributed by atoms with Crippen LogP contribution in [-0.4, -0.2) is 42.8 Å². The number of esters is 3. The van der Waals surface area contributed by atoms with Gasteiger partial charge in [-0.15, -0.1) is 11.3 Å². The number of rotatable bonds is 5. The number of carbonyl (C=O) groups excluding carboxylic acids is 3. The summed E-state index contributed by atoms with van der Waals surface area (Å²) in [7, 11) is 2.44. The molecule has 5 rings (SSSR count). The van der Waals surface area contributed by atoms with Crippen molar-refractivity contribution in [2.24, 2.45) is 17.3 Å². The molecule has 4 fully saturated rings. The van der Waals surface area contributed by atoms with Crippen molar-refractivity contribution < 1.29 is 33.7 Å². The van der Waals surface area contributed by atoms with Crippen LogP contribution in [0, 0.1) is 17.3 Å². The minimum Gasteiger partial charge on any atom is -0.465 e. The molecule has 0 amide bonds. The average molecular weight is 423 g/mol. The van der Waals surface area contributed by atoms with Gasteiger partial charge in [-0.05, 0) is 50.4 Å². The fourth-order valence-corrected chi connectivity index (χ4v) is 6.93. The molecule has 3 N–H and O–H groups in total. The molecule has 8 nitrogen and oxygen atoms in total. The van der Waals surface area contributed by atoms with E-state index in [4.69, 9.17) is 19.9 Å². The van der Waals surface area contributed by atoms with Gasteiger partial charge < -0.3 is 25.1 Å². The number of thiophene rings is 1. The van der Waals surface area contributed by atoms with Gasteiger partial charge in [0.15, 0.2) is 0 Å². The van der Waals surface area contributed by atoms with Crippen LogP contribution in [0.4, 0.5) is 5.00 Å². The van der Waals surface area contributed by atoms with Gasteiger partial charge in [-0.1, -0.05) is 0 Å². The fourth-order valence-electron chi connectivity index (χ4n) is 5.95. The van der Waals surface area contributed by atoms with E-state index < -0.39 is 23.0 Å². The second kappa shape index (κ2) is 6.98. The second-order valence-electron chi connectivity index (χ2n) is 8.67. The molecule has 4 aliphatic carbocycles. The van der Waals surface area contributed by atoms with Gasteiger partial charge in [-0.2, -0.15) is 0 Å². The van der Waals surface area contributed by atoms with E-state index in [0.29, 0.717) is 31.1 Å². The number of ether oxygens (including phenoxy) is 3.